The molecule has 1 saturated heterocycles. The molecule has 1 aromatic carbocycles. The fraction of sp³-hybridized carbons (Fsp3) is 0.500. The number of hydrogen-bond donors (Lipinski definition) is 1. The van der Waals surface area contributed by atoms with Crippen LogP contribution in [0.15, 0.2) is 18.2 Å². The van der Waals surface area contributed by atoms with Crippen LogP contribution in [0.25, 0.3) is 0 Å². The second-order valence-electron chi connectivity index (χ2n) is 5.73. The Morgan fingerprint density at radius 1 is 1.33 bits per heavy atom. The van der Waals surface area contributed by atoms with Crippen molar-refractivity contribution in [3.05, 3.63) is 33.8 Å². The summed E-state index contributed by atoms with van der Waals surface area (Å²) in [5.41, 5.74) is 0.803. The third-order valence-electron chi connectivity index (χ3n) is 4.14. The van der Waals surface area contributed by atoms with Crippen molar-refractivity contribution < 1.29 is 19.4 Å². The number of halogens is 2. The second kappa shape index (κ2) is 8.05. The molecule has 1 atom stereocenters. The fourth-order valence-corrected chi connectivity index (χ4v) is 3.31. The first-order valence-electron chi connectivity index (χ1n) is 7.63. The van der Waals surface area contributed by atoms with Crippen molar-refractivity contribution in [1.82, 2.24) is 9.80 Å². The van der Waals surface area contributed by atoms with Crippen molar-refractivity contribution in [1.29, 1.82) is 0 Å². The summed E-state index contributed by atoms with van der Waals surface area (Å²) in [6.45, 7) is 2.87. The van der Waals surface area contributed by atoms with Gasteiger partial charge in [0.15, 0.2) is 0 Å². The molecular weight excluding hydrogens is 355 g/mol. The van der Waals surface area contributed by atoms with Gasteiger partial charge in [-0.05, 0) is 37.7 Å². The molecule has 1 N–H and O–H groups in total. The molecule has 0 saturated carbocycles. The van der Waals surface area contributed by atoms with Crippen LogP contribution in [0.5, 0.6) is 0 Å². The number of carboxylic acid groups (broad SMARTS) is 1. The summed E-state index contributed by atoms with van der Waals surface area (Å²) in [5.74, 6) is -0.320. The minimum absolute atomic E-state index is 0.0262. The summed E-state index contributed by atoms with van der Waals surface area (Å²) in [4.78, 5) is 26.2. The molecule has 1 aromatic rings. The highest BCUT2D eigenvalue weighted by atomic mass is 35.5. The molecule has 0 spiro atoms. The lowest BCUT2D eigenvalue weighted by Crippen LogP contribution is -2.60. The molecule has 1 heterocycles. The number of nitrogens with zero attached hydrogens (tertiary/aromatic N) is 2. The van der Waals surface area contributed by atoms with Gasteiger partial charge in [-0.2, -0.15) is 0 Å². The number of carbonyl (C=O) groups is 2. The van der Waals surface area contributed by atoms with Crippen LogP contribution in [0, 0.1) is 0 Å². The summed E-state index contributed by atoms with van der Waals surface area (Å²) in [6, 6.07) is 4.89. The molecule has 1 unspecified atom stereocenters. The lowest BCUT2D eigenvalue weighted by atomic mass is 9.98. The molecule has 2 rings (SSSR count). The predicted octanol–water partition coefficient (Wildman–Crippen LogP) is 3.28. The Balaban J connectivity index is 2.19. The van der Waals surface area contributed by atoms with Crippen LogP contribution in [0.1, 0.15) is 24.9 Å². The average molecular weight is 375 g/mol. The lowest BCUT2D eigenvalue weighted by molar-refractivity contribution is -0.145. The summed E-state index contributed by atoms with van der Waals surface area (Å²) < 4.78 is 5.06. The van der Waals surface area contributed by atoms with Gasteiger partial charge in [0, 0.05) is 35.2 Å². The van der Waals surface area contributed by atoms with Crippen molar-refractivity contribution in [2.24, 2.45) is 0 Å². The molecule has 0 aliphatic carbocycles. The Morgan fingerprint density at radius 3 is 2.42 bits per heavy atom. The zero-order valence-corrected chi connectivity index (χ0v) is 15.0. The second-order valence-corrected chi connectivity index (χ2v) is 6.61. The fourth-order valence-electron chi connectivity index (χ4n) is 2.77. The van der Waals surface area contributed by atoms with Gasteiger partial charge in [-0.3, -0.25) is 9.69 Å². The Labute approximate surface area is 150 Å². The number of esters is 1. The van der Waals surface area contributed by atoms with Crippen molar-refractivity contribution in [2.45, 2.75) is 25.4 Å². The molecule has 0 aromatic heterocycles. The number of carbonyl (C=O) groups excluding carboxylic acids is 1. The number of rotatable bonds is 6. The van der Waals surface area contributed by atoms with Crippen LogP contribution in [-0.2, 0) is 9.53 Å². The van der Waals surface area contributed by atoms with Gasteiger partial charge in [-0.25, -0.2) is 4.79 Å². The Kier molecular flexibility index (Phi) is 6.32. The molecule has 8 heteroatoms. The predicted molar refractivity (Wildman–Crippen MR) is 91.6 cm³/mol. The topological polar surface area (TPSA) is 70.1 Å². The average Bonchev–Trinajstić information content (AvgIpc) is 2.41. The Bertz CT molecular complexity index is 600. The molecular formula is C16H20Cl2N2O4. The zero-order chi connectivity index (χ0) is 17.9. The van der Waals surface area contributed by atoms with Crippen molar-refractivity contribution in [2.75, 3.05) is 26.7 Å². The monoisotopic (exact) mass is 374 g/mol. The van der Waals surface area contributed by atoms with Crippen LogP contribution in [0.3, 0.4) is 0 Å². The van der Waals surface area contributed by atoms with E-state index in [1.807, 2.05) is 11.9 Å². The summed E-state index contributed by atoms with van der Waals surface area (Å²) in [7, 11) is 1.86. The van der Waals surface area contributed by atoms with E-state index < -0.39 is 6.09 Å². The molecule has 0 radical (unpaired) electrons. The maximum Gasteiger partial charge on any atom is 0.407 e. The summed E-state index contributed by atoms with van der Waals surface area (Å²) in [6.07, 6.45) is -0.794. The molecule has 1 fully saturated rings. The van der Waals surface area contributed by atoms with E-state index in [1.54, 1.807) is 25.1 Å². The van der Waals surface area contributed by atoms with E-state index in [2.05, 4.69) is 0 Å². The van der Waals surface area contributed by atoms with Crippen LogP contribution in [0.4, 0.5) is 4.79 Å². The quantitative estimate of drug-likeness (QED) is 0.773. The minimum Gasteiger partial charge on any atom is -0.466 e. The zero-order valence-electron chi connectivity index (χ0n) is 13.5. The van der Waals surface area contributed by atoms with E-state index in [9.17, 15) is 9.59 Å². The molecule has 1 amide bonds. The number of ether oxygens (including phenoxy) is 1. The van der Waals surface area contributed by atoms with E-state index in [0.717, 1.165) is 5.56 Å². The van der Waals surface area contributed by atoms with Gasteiger partial charge < -0.3 is 14.7 Å². The maximum absolute atomic E-state index is 12.0. The van der Waals surface area contributed by atoms with Crippen LogP contribution >= 0.6 is 23.2 Å². The molecule has 0 bridgehead atoms. The molecule has 132 valence electrons. The van der Waals surface area contributed by atoms with Gasteiger partial charge in [0.2, 0.25) is 0 Å². The maximum atomic E-state index is 12.0. The van der Waals surface area contributed by atoms with E-state index in [0.29, 0.717) is 29.7 Å². The number of likely N-dealkylation sites (tertiary alicyclic amines) is 1. The molecule has 6 nitrogen and oxygen atoms in total. The number of benzene rings is 1. The third kappa shape index (κ3) is 4.53. The third-order valence-corrected chi connectivity index (χ3v) is 4.57. The van der Waals surface area contributed by atoms with Gasteiger partial charge in [0.25, 0.3) is 0 Å². The molecule has 24 heavy (non-hydrogen) atoms. The number of hydrogen-bond acceptors (Lipinski definition) is 4. The Morgan fingerprint density at radius 2 is 1.92 bits per heavy atom. The summed E-state index contributed by atoms with van der Waals surface area (Å²) >= 11 is 12.2. The smallest absolute Gasteiger partial charge is 0.407 e. The number of amides is 1. The Hall–Kier alpha value is -1.50. The molecule has 1 aliphatic heterocycles. The van der Waals surface area contributed by atoms with E-state index in [-0.39, 0.29) is 24.5 Å². The van der Waals surface area contributed by atoms with Crippen molar-refractivity contribution in [3.63, 3.8) is 0 Å². The standard InChI is InChI=1S/C16H20Cl2N2O4/c1-3-24-15(21)7-14(10-4-11(17)6-12(18)5-10)19(2)13-8-20(9-13)16(22)23/h4-6,13-14H,3,7-9H2,1-2H3,(H,22,23). The largest absolute Gasteiger partial charge is 0.466 e. The van der Waals surface area contributed by atoms with Gasteiger partial charge in [0.1, 0.15) is 0 Å². The van der Waals surface area contributed by atoms with Gasteiger partial charge in [-0.15, -0.1) is 0 Å². The van der Waals surface area contributed by atoms with Gasteiger partial charge in [0.05, 0.1) is 13.0 Å². The van der Waals surface area contributed by atoms with Crippen molar-refractivity contribution >= 4 is 35.3 Å². The SMILES string of the molecule is CCOC(=O)CC(c1cc(Cl)cc(Cl)c1)N(C)C1CN(C(=O)O)C1. The molecule has 1 aliphatic rings. The minimum atomic E-state index is -0.938. The van der Waals surface area contributed by atoms with Crippen LogP contribution < -0.4 is 0 Å². The van der Waals surface area contributed by atoms with Gasteiger partial charge in [-0.1, -0.05) is 23.2 Å². The van der Waals surface area contributed by atoms with E-state index in [4.69, 9.17) is 33.0 Å². The number of likely N-dealkylation sites (N-methyl/N-ethyl adjacent to an activating group) is 1. The van der Waals surface area contributed by atoms with Crippen LogP contribution in [0.2, 0.25) is 10.0 Å². The highest BCUT2D eigenvalue weighted by molar-refractivity contribution is 6.34. The van der Waals surface area contributed by atoms with E-state index >= 15 is 0 Å². The highest BCUT2D eigenvalue weighted by Gasteiger charge is 2.37. The first-order chi connectivity index (χ1) is 11.3. The normalized spacial score (nSPS) is 16.0. The van der Waals surface area contributed by atoms with Gasteiger partial charge >= 0.3 is 12.1 Å². The first kappa shape index (κ1) is 18.8. The van der Waals surface area contributed by atoms with Crippen LogP contribution in [-0.4, -0.2) is 59.8 Å². The highest BCUT2D eigenvalue weighted by Crippen LogP contribution is 2.32. The first-order valence-corrected chi connectivity index (χ1v) is 8.38. The van der Waals surface area contributed by atoms with E-state index in [1.165, 1.54) is 4.90 Å². The van der Waals surface area contributed by atoms with Crippen molar-refractivity contribution in [3.8, 4) is 0 Å². The summed E-state index contributed by atoms with van der Waals surface area (Å²) in [5, 5.41) is 9.95. The lowest BCUT2D eigenvalue weighted by Gasteiger charge is -2.45.